The number of aromatic nitrogens is 3. The molecule has 6 N–H and O–H groups in total. The summed E-state index contributed by atoms with van der Waals surface area (Å²) in [4.78, 5) is 46.5. The van der Waals surface area contributed by atoms with Crippen LogP contribution in [0.15, 0.2) is 35.1 Å². The highest BCUT2D eigenvalue weighted by atomic mass is 32.3. The Morgan fingerprint density at radius 2 is 1.98 bits per heavy atom. The lowest BCUT2D eigenvalue weighted by Gasteiger charge is -2.51. The monoisotopic (exact) mass is 716 g/mol. The van der Waals surface area contributed by atoms with Crippen molar-refractivity contribution in [1.29, 1.82) is 0 Å². The van der Waals surface area contributed by atoms with Gasteiger partial charge in [0.1, 0.15) is 35.7 Å². The molecule has 2 aromatic heterocycles. The highest BCUT2D eigenvalue weighted by Gasteiger charge is 2.57. The van der Waals surface area contributed by atoms with Crippen molar-refractivity contribution in [2.24, 2.45) is 17.9 Å². The molecule has 0 radical (unpaired) electrons. The van der Waals surface area contributed by atoms with Gasteiger partial charge >= 0.3 is 5.97 Å². The van der Waals surface area contributed by atoms with Gasteiger partial charge in [-0.2, -0.15) is 14.0 Å². The molecule has 1 aromatic carbocycles. The lowest BCUT2D eigenvalue weighted by atomic mass is 9.84. The van der Waals surface area contributed by atoms with Crippen LogP contribution in [-0.4, -0.2) is 87.1 Å². The van der Waals surface area contributed by atoms with Crippen molar-refractivity contribution in [3.05, 3.63) is 47.2 Å². The van der Waals surface area contributed by atoms with Gasteiger partial charge in [-0.3, -0.25) is 9.59 Å². The van der Waals surface area contributed by atoms with Gasteiger partial charge in [-0.15, -0.1) is 16.0 Å². The van der Waals surface area contributed by atoms with Crippen LogP contribution in [0.3, 0.4) is 0 Å². The smallest absolute Gasteiger partial charge is 0.351 e. The van der Waals surface area contributed by atoms with Gasteiger partial charge in [0, 0.05) is 17.5 Å². The minimum absolute atomic E-state index is 0.0164. The number of nitrogens with one attached hydrogen (secondary N) is 1. The number of β-lactam (4-membered cyclic amide) rings is 1. The molecular formula is C26H30F2N8O10S2. The number of carboxylic acid groups (broad SMARTS) is 1. The number of anilines is 1. The Morgan fingerprint density at radius 3 is 2.52 bits per heavy atom. The van der Waals surface area contributed by atoms with Crippen LogP contribution >= 0.6 is 11.3 Å². The van der Waals surface area contributed by atoms with Crippen molar-refractivity contribution in [3.63, 3.8) is 0 Å². The van der Waals surface area contributed by atoms with Crippen LogP contribution in [0, 0.1) is 11.6 Å². The molecule has 0 aliphatic carbocycles. The van der Waals surface area contributed by atoms with E-state index in [1.54, 1.807) is 22.6 Å². The van der Waals surface area contributed by atoms with E-state index >= 15 is 8.78 Å². The van der Waals surface area contributed by atoms with Crippen molar-refractivity contribution in [3.8, 4) is 16.9 Å². The number of benzene rings is 1. The number of thiazole rings is 1. The van der Waals surface area contributed by atoms with Crippen LogP contribution in [0.1, 0.15) is 26.0 Å². The van der Waals surface area contributed by atoms with Crippen LogP contribution in [0.25, 0.3) is 11.1 Å². The molecule has 22 heteroatoms. The molecule has 3 heterocycles. The zero-order chi connectivity index (χ0) is 35.6. The van der Waals surface area contributed by atoms with Crippen LogP contribution in [-0.2, 0) is 47.5 Å². The number of nitrogens with zero attached hydrogens (tertiary/aromatic N) is 5. The van der Waals surface area contributed by atoms with Gasteiger partial charge in [0.15, 0.2) is 17.9 Å². The van der Waals surface area contributed by atoms with E-state index in [9.17, 15) is 32.5 Å². The summed E-state index contributed by atoms with van der Waals surface area (Å²) in [6.45, 7) is 2.69. The third-order valence-electron chi connectivity index (χ3n) is 6.96. The number of amides is 2. The number of hydroxylamine groups is 2. The van der Waals surface area contributed by atoms with E-state index in [1.807, 2.05) is 0 Å². The quantitative estimate of drug-likeness (QED) is 0.0383. The van der Waals surface area contributed by atoms with Gasteiger partial charge in [0.25, 0.3) is 17.9 Å². The number of aliphatic carboxylic acids is 1. The summed E-state index contributed by atoms with van der Waals surface area (Å²) in [5.41, 5.74) is 8.72. The Hall–Kier alpha value is -4.77. The maximum Gasteiger partial charge on any atom is 0.351 e. The Bertz CT molecular complexity index is 1840. The molecule has 48 heavy (non-hydrogen) atoms. The largest absolute Gasteiger partial charge is 0.724 e. The number of carbonyl (C=O) groups is 3. The molecule has 1 aliphatic rings. The third-order valence-corrected chi connectivity index (χ3v) is 7.97. The fraction of sp³-hybridized carbons (Fsp3) is 0.385. The van der Waals surface area contributed by atoms with Gasteiger partial charge in [-0.1, -0.05) is 5.16 Å². The second-order valence-electron chi connectivity index (χ2n) is 10.8. The molecule has 1 fully saturated rings. The summed E-state index contributed by atoms with van der Waals surface area (Å²) in [7, 11) is -3.61. The van der Waals surface area contributed by atoms with Gasteiger partial charge < -0.3 is 36.0 Å². The van der Waals surface area contributed by atoms with Gasteiger partial charge in [0.05, 0.1) is 29.4 Å². The first-order valence-corrected chi connectivity index (χ1v) is 16.0. The van der Waals surface area contributed by atoms with Gasteiger partial charge in [-0.05, 0) is 26.8 Å². The topological polar surface area (TPSA) is 258 Å². The number of oxime groups is 1. The average molecular weight is 717 g/mol. The minimum atomic E-state index is -5.31. The first-order chi connectivity index (χ1) is 22.4. The molecule has 2 atom stereocenters. The van der Waals surface area contributed by atoms with E-state index in [-0.39, 0.29) is 32.8 Å². The van der Waals surface area contributed by atoms with Crippen molar-refractivity contribution >= 4 is 50.4 Å². The molecule has 1 unspecified atom stereocenters. The number of hydrogen-bond acceptors (Lipinski definition) is 14. The number of ether oxygens (including phenoxy) is 1. The fourth-order valence-electron chi connectivity index (χ4n) is 4.53. The predicted molar refractivity (Wildman–Crippen MR) is 159 cm³/mol. The van der Waals surface area contributed by atoms with Crippen LogP contribution in [0.5, 0.6) is 5.75 Å². The third kappa shape index (κ3) is 8.02. The summed E-state index contributed by atoms with van der Waals surface area (Å²) in [6, 6.07) is 0.292. The summed E-state index contributed by atoms with van der Waals surface area (Å²) in [5, 5.41) is 17.1. The van der Waals surface area contributed by atoms with Gasteiger partial charge in [0.2, 0.25) is 16.6 Å². The molecule has 0 spiro atoms. The number of rotatable bonds is 15. The molecule has 1 saturated heterocycles. The average Bonchev–Trinajstić information content (AvgIpc) is 3.58. The van der Waals surface area contributed by atoms with Gasteiger partial charge in [-0.25, -0.2) is 27.0 Å². The van der Waals surface area contributed by atoms with Crippen LogP contribution in [0.2, 0.25) is 0 Å². The van der Waals surface area contributed by atoms with E-state index < -0.39 is 69.8 Å². The molecule has 260 valence electrons. The number of nitrogens with two attached hydrogens (primary N) is 2. The fourth-order valence-corrected chi connectivity index (χ4v) is 5.52. The first-order valence-electron chi connectivity index (χ1n) is 13.8. The number of carboxylic acids is 1. The number of halogens is 2. The maximum absolute atomic E-state index is 15.1. The summed E-state index contributed by atoms with van der Waals surface area (Å²) in [5.74, 6) is -6.21. The second-order valence-corrected chi connectivity index (χ2v) is 12.6. The zero-order valence-electron chi connectivity index (χ0n) is 25.5. The van der Waals surface area contributed by atoms with E-state index in [0.29, 0.717) is 19.5 Å². The lowest BCUT2D eigenvalue weighted by molar-refractivity contribution is -0.753. The van der Waals surface area contributed by atoms with E-state index in [4.69, 9.17) is 21.0 Å². The molecule has 1 aliphatic heterocycles. The maximum atomic E-state index is 15.1. The Labute approximate surface area is 275 Å². The SMILES string of the molecule is C[n+]1cc(-c2c(F)cc(OC[C@H](O/N=C(\C(=O)NC3C(=O)N(OS(=O)(=O)[O-])C3(C)C)c3csc(N)n3)C(=O)O)cc2F)cn1CCCN. The van der Waals surface area contributed by atoms with E-state index in [1.165, 1.54) is 25.4 Å². The van der Waals surface area contributed by atoms with Crippen molar-refractivity contribution < 1.29 is 59.8 Å². The lowest BCUT2D eigenvalue weighted by Crippen LogP contribution is -2.76. The summed E-state index contributed by atoms with van der Waals surface area (Å²) >= 11 is 0.885. The standard InChI is InChI=1S/C26H30F2N8O10S2/c1-26(2)21(23(38)36(26)46-48(41,42)43)32-22(37)20(17-12-47-25(30)31-17)33-45-18(24(39)40)11-44-14-7-15(27)19(16(28)8-14)13-9-34(3)35(10-13)6-4-5-29/h7-10,12,18,21H,4-6,11,29H2,1-3H3,(H4-,30,31,32,37,39,40,41,42,43)/b33-20-/t18-,21?/m0/s1. The van der Waals surface area contributed by atoms with Crippen molar-refractivity contribution in [2.75, 3.05) is 18.9 Å². The number of carbonyl (C=O) groups excluding carboxylic acids is 2. The Balaban J connectivity index is 1.50. The first kappa shape index (κ1) is 36.1. The highest BCUT2D eigenvalue weighted by molar-refractivity contribution is 7.80. The van der Waals surface area contributed by atoms with Crippen molar-refractivity contribution in [1.82, 2.24) is 20.0 Å². The molecular weight excluding hydrogens is 686 g/mol. The molecule has 0 saturated carbocycles. The molecule has 3 aromatic rings. The Kier molecular flexibility index (Phi) is 10.6. The normalized spacial score (nSPS) is 16.7. The predicted octanol–water partition coefficient (Wildman–Crippen LogP) is -0.604. The molecule has 18 nitrogen and oxygen atoms in total. The van der Waals surface area contributed by atoms with Crippen LogP contribution in [0.4, 0.5) is 13.9 Å². The van der Waals surface area contributed by atoms with Crippen LogP contribution < -0.4 is 26.2 Å². The number of aryl methyl sites for hydroxylation is 2. The molecule has 2 amide bonds. The Morgan fingerprint density at radius 1 is 1.31 bits per heavy atom. The van der Waals surface area contributed by atoms with Crippen molar-refractivity contribution in [2.45, 2.75) is 44.5 Å². The number of nitrogen functional groups attached to an aromatic ring is 1. The minimum Gasteiger partial charge on any atom is -0.724 e. The highest BCUT2D eigenvalue weighted by Crippen LogP contribution is 2.33. The molecule has 0 bridgehead atoms. The van der Waals surface area contributed by atoms with E-state index in [0.717, 1.165) is 23.5 Å². The number of hydrogen-bond donors (Lipinski definition) is 4. The second kappa shape index (κ2) is 14.1. The molecule has 4 rings (SSSR count). The zero-order valence-corrected chi connectivity index (χ0v) is 27.1. The van der Waals surface area contributed by atoms with E-state index in [2.05, 4.69) is 19.7 Å². The summed E-state index contributed by atoms with van der Waals surface area (Å²) < 4.78 is 75.8. The summed E-state index contributed by atoms with van der Waals surface area (Å²) in [6.07, 6.45) is 1.79.